The number of ether oxygens (including phenoxy) is 3. The van der Waals surface area contributed by atoms with Crippen LogP contribution in [0.5, 0.6) is 0 Å². The Labute approximate surface area is 131 Å². The van der Waals surface area contributed by atoms with Crippen molar-refractivity contribution in [1.29, 1.82) is 0 Å². The van der Waals surface area contributed by atoms with E-state index in [4.69, 9.17) is 14.2 Å². The highest BCUT2D eigenvalue weighted by Gasteiger charge is 2.26. The predicted molar refractivity (Wildman–Crippen MR) is 80.4 cm³/mol. The fraction of sp³-hybridized carbons (Fsp3) is 0.667. The fourth-order valence-electron chi connectivity index (χ4n) is 1.11. The van der Waals surface area contributed by atoms with Gasteiger partial charge in [-0.05, 0) is 26.3 Å². The molecule has 0 radical (unpaired) electrons. The zero-order valence-corrected chi connectivity index (χ0v) is 13.5. The summed E-state index contributed by atoms with van der Waals surface area (Å²) >= 11 is 0. The molecule has 0 saturated heterocycles. The Bertz CT molecular complexity index is 391. The second-order valence-electron chi connectivity index (χ2n) is 5.16. The molecule has 0 saturated carbocycles. The first-order valence-electron chi connectivity index (χ1n) is 7.14. The lowest BCUT2D eigenvalue weighted by Gasteiger charge is -2.20. The molecule has 0 spiro atoms. The summed E-state index contributed by atoms with van der Waals surface area (Å²) in [5.74, 6) is -0.535. The molecule has 0 atom stereocenters. The maximum absolute atomic E-state index is 11.6. The molecule has 7 nitrogen and oxygen atoms in total. The number of esters is 1. The summed E-state index contributed by atoms with van der Waals surface area (Å²) in [6.07, 6.45) is 1.20. The number of carbonyl (C=O) groups excluding carboxylic acids is 3. The van der Waals surface area contributed by atoms with Crippen molar-refractivity contribution in [3.8, 4) is 0 Å². The van der Waals surface area contributed by atoms with E-state index in [-0.39, 0.29) is 44.7 Å². The first-order chi connectivity index (χ1) is 10.3. The molecule has 22 heavy (non-hydrogen) atoms. The smallest absolute Gasteiger partial charge is 0.407 e. The van der Waals surface area contributed by atoms with Gasteiger partial charge in [0.05, 0.1) is 18.6 Å². The molecule has 0 aromatic rings. The van der Waals surface area contributed by atoms with Gasteiger partial charge in [-0.1, -0.05) is 13.5 Å². The average molecular weight is 315 g/mol. The van der Waals surface area contributed by atoms with Gasteiger partial charge in [-0.15, -0.1) is 0 Å². The van der Waals surface area contributed by atoms with E-state index in [0.29, 0.717) is 6.42 Å². The van der Waals surface area contributed by atoms with Gasteiger partial charge in [0.15, 0.2) is 5.78 Å². The molecular weight excluding hydrogens is 290 g/mol. The minimum atomic E-state index is -0.635. The molecule has 0 unspecified atom stereocenters. The maximum atomic E-state index is 11.6. The third-order valence-electron chi connectivity index (χ3n) is 2.97. The van der Waals surface area contributed by atoms with E-state index >= 15 is 0 Å². The number of hydrogen-bond acceptors (Lipinski definition) is 6. The Balaban J connectivity index is 3.60. The Morgan fingerprint density at radius 1 is 1.14 bits per heavy atom. The monoisotopic (exact) mass is 315 g/mol. The molecule has 0 aromatic heterocycles. The highest BCUT2D eigenvalue weighted by molar-refractivity contribution is 5.90. The summed E-state index contributed by atoms with van der Waals surface area (Å²) in [5, 5.41) is 2.44. The van der Waals surface area contributed by atoms with Crippen LogP contribution in [-0.4, -0.2) is 50.8 Å². The minimum Gasteiger partial charge on any atom is -0.463 e. The van der Waals surface area contributed by atoms with Crippen molar-refractivity contribution in [1.82, 2.24) is 5.32 Å². The molecule has 0 aliphatic carbocycles. The van der Waals surface area contributed by atoms with Gasteiger partial charge in [-0.2, -0.15) is 0 Å². The lowest BCUT2D eigenvalue weighted by Crippen LogP contribution is -2.32. The third-order valence-corrected chi connectivity index (χ3v) is 2.97. The Morgan fingerprint density at radius 3 is 2.41 bits per heavy atom. The number of hydrogen-bond donors (Lipinski definition) is 1. The Morgan fingerprint density at radius 2 is 1.82 bits per heavy atom. The number of nitrogens with one attached hydrogen (secondary N) is 1. The third kappa shape index (κ3) is 9.12. The fourth-order valence-corrected chi connectivity index (χ4v) is 1.11. The number of amides is 1. The van der Waals surface area contributed by atoms with E-state index in [0.717, 1.165) is 6.08 Å². The van der Waals surface area contributed by atoms with Crippen molar-refractivity contribution in [2.75, 3.05) is 33.0 Å². The summed E-state index contributed by atoms with van der Waals surface area (Å²) in [7, 11) is 0. The quantitative estimate of drug-likeness (QED) is 0.353. The molecule has 7 heteroatoms. The van der Waals surface area contributed by atoms with Crippen LogP contribution >= 0.6 is 0 Å². The highest BCUT2D eigenvalue weighted by atomic mass is 16.6. The number of alkyl carbamates (subject to hydrolysis) is 1. The van der Waals surface area contributed by atoms with E-state index in [1.807, 2.05) is 6.92 Å². The van der Waals surface area contributed by atoms with Crippen LogP contribution in [-0.2, 0) is 23.8 Å². The lowest BCUT2D eigenvalue weighted by atomic mass is 9.91. The minimum absolute atomic E-state index is 0.0267. The first-order valence-corrected chi connectivity index (χ1v) is 7.14. The number of carbonyl (C=O) groups is 3. The molecule has 0 aromatic carbocycles. The van der Waals surface area contributed by atoms with Crippen molar-refractivity contribution in [3.05, 3.63) is 12.7 Å². The molecular formula is C15H25NO6. The summed E-state index contributed by atoms with van der Waals surface area (Å²) < 4.78 is 14.8. The maximum Gasteiger partial charge on any atom is 0.407 e. The van der Waals surface area contributed by atoms with Crippen LogP contribution in [0, 0.1) is 5.41 Å². The normalized spacial score (nSPS) is 10.7. The van der Waals surface area contributed by atoms with Crippen molar-refractivity contribution in [2.45, 2.75) is 27.2 Å². The topological polar surface area (TPSA) is 90.9 Å². The summed E-state index contributed by atoms with van der Waals surface area (Å²) in [4.78, 5) is 33.8. The van der Waals surface area contributed by atoms with E-state index in [1.54, 1.807) is 13.8 Å². The second-order valence-corrected chi connectivity index (χ2v) is 5.16. The van der Waals surface area contributed by atoms with Crippen LogP contribution in [0.2, 0.25) is 0 Å². The van der Waals surface area contributed by atoms with Gasteiger partial charge < -0.3 is 19.5 Å². The standard InChI is InChI=1S/C15H25NO6/c1-5-12(17)11-20-9-10-22-14(19)16-7-8-21-13(18)15(3,4)6-2/h5H,1,6-11H2,2-4H3,(H,16,19). The largest absolute Gasteiger partial charge is 0.463 e. The van der Waals surface area contributed by atoms with Crippen molar-refractivity contribution >= 4 is 17.8 Å². The van der Waals surface area contributed by atoms with Crippen molar-refractivity contribution in [3.63, 3.8) is 0 Å². The average Bonchev–Trinajstić information content (AvgIpc) is 2.50. The van der Waals surface area contributed by atoms with Crippen LogP contribution in [0.15, 0.2) is 12.7 Å². The van der Waals surface area contributed by atoms with E-state index in [1.165, 1.54) is 0 Å². The van der Waals surface area contributed by atoms with Crippen LogP contribution in [0.3, 0.4) is 0 Å². The van der Waals surface area contributed by atoms with Crippen molar-refractivity contribution in [2.24, 2.45) is 5.41 Å². The van der Waals surface area contributed by atoms with Gasteiger partial charge in [0.2, 0.25) is 0 Å². The zero-order chi connectivity index (χ0) is 17.0. The van der Waals surface area contributed by atoms with E-state index < -0.39 is 11.5 Å². The van der Waals surface area contributed by atoms with Gasteiger partial charge in [0.25, 0.3) is 0 Å². The van der Waals surface area contributed by atoms with Crippen LogP contribution in [0.4, 0.5) is 4.79 Å². The van der Waals surface area contributed by atoms with Gasteiger partial charge >= 0.3 is 12.1 Å². The SMILES string of the molecule is C=CC(=O)COCCOC(=O)NCCOC(=O)C(C)(C)CC. The Kier molecular flexibility index (Phi) is 9.86. The lowest BCUT2D eigenvalue weighted by molar-refractivity contribution is -0.153. The van der Waals surface area contributed by atoms with Gasteiger partial charge in [-0.3, -0.25) is 9.59 Å². The molecule has 0 bridgehead atoms. The molecule has 1 N–H and O–H groups in total. The first kappa shape index (κ1) is 20.1. The number of ketones is 1. The molecule has 126 valence electrons. The van der Waals surface area contributed by atoms with Crippen LogP contribution in [0.1, 0.15) is 27.2 Å². The van der Waals surface area contributed by atoms with Gasteiger partial charge in [-0.25, -0.2) is 4.79 Å². The molecule has 0 rings (SSSR count). The summed E-state index contributed by atoms with van der Waals surface area (Å²) in [6, 6.07) is 0. The Hall–Kier alpha value is -1.89. The summed E-state index contributed by atoms with van der Waals surface area (Å²) in [6.45, 7) is 9.12. The molecule has 0 heterocycles. The molecule has 0 fully saturated rings. The predicted octanol–water partition coefficient (Wildman–Crippen LogP) is 1.46. The second kappa shape index (κ2) is 10.8. The van der Waals surface area contributed by atoms with Crippen molar-refractivity contribution < 1.29 is 28.6 Å². The zero-order valence-electron chi connectivity index (χ0n) is 13.5. The number of rotatable bonds is 11. The summed E-state index contributed by atoms with van der Waals surface area (Å²) in [5.41, 5.74) is -0.527. The van der Waals surface area contributed by atoms with Gasteiger partial charge in [0.1, 0.15) is 19.8 Å². The molecule has 0 aliphatic rings. The molecule has 1 amide bonds. The molecule has 0 aliphatic heterocycles. The van der Waals surface area contributed by atoms with Gasteiger partial charge in [0, 0.05) is 0 Å². The van der Waals surface area contributed by atoms with E-state index in [2.05, 4.69) is 11.9 Å². The van der Waals surface area contributed by atoms with E-state index in [9.17, 15) is 14.4 Å². The van der Waals surface area contributed by atoms with Crippen LogP contribution in [0.25, 0.3) is 0 Å². The van der Waals surface area contributed by atoms with Crippen LogP contribution < -0.4 is 5.32 Å². The highest BCUT2D eigenvalue weighted by Crippen LogP contribution is 2.21.